The lowest BCUT2D eigenvalue weighted by molar-refractivity contribution is 0.970. The fourth-order valence-corrected chi connectivity index (χ4v) is 3.29. The summed E-state index contributed by atoms with van der Waals surface area (Å²) in [6.07, 6.45) is 0.927. The molecule has 3 heteroatoms. The third kappa shape index (κ3) is 4.36. The summed E-state index contributed by atoms with van der Waals surface area (Å²) in [6.45, 7) is 0.735. The molecule has 2 nitrogen and oxygen atoms in total. The number of aliphatic imine (C=N–C) groups is 1. The van der Waals surface area contributed by atoms with Crippen molar-refractivity contribution in [1.29, 1.82) is 0 Å². The molecule has 0 fully saturated rings. The number of nitrogens with two attached hydrogens (primary N) is 1. The van der Waals surface area contributed by atoms with Crippen molar-refractivity contribution in [2.24, 2.45) is 10.7 Å². The third-order valence-corrected chi connectivity index (χ3v) is 4.65. The average Bonchev–Trinajstić information content (AvgIpc) is 2.61. The number of amidine groups is 1. The number of nitrogens with zero attached hydrogens (tertiary/aromatic N) is 1. The largest absolute Gasteiger partial charge is 0.379 e. The molecule has 0 unspecified atom stereocenters. The molecule has 0 heterocycles. The van der Waals surface area contributed by atoms with Crippen molar-refractivity contribution in [2.75, 3.05) is 6.54 Å². The Kier molecular flexibility index (Phi) is 5.33. The zero-order valence-electron chi connectivity index (χ0n) is 13.0. The first-order valence-electron chi connectivity index (χ1n) is 7.76. The smallest absolute Gasteiger partial charge is 0.154 e. The summed E-state index contributed by atoms with van der Waals surface area (Å²) < 4.78 is 0. The highest BCUT2D eigenvalue weighted by atomic mass is 32.2. The molecule has 3 aromatic rings. The molecular weight excluding hydrogens is 300 g/mol. The number of hydrogen-bond donors (Lipinski definition) is 1. The Bertz CT molecular complexity index is 792. The van der Waals surface area contributed by atoms with Gasteiger partial charge in [0.25, 0.3) is 0 Å². The van der Waals surface area contributed by atoms with Crippen LogP contribution in [0.3, 0.4) is 0 Å². The molecule has 0 aliphatic rings. The predicted molar refractivity (Wildman–Crippen MR) is 102 cm³/mol. The molecule has 2 N–H and O–H groups in total. The quantitative estimate of drug-likeness (QED) is 0.550. The van der Waals surface area contributed by atoms with Crippen molar-refractivity contribution in [3.8, 4) is 0 Å². The van der Waals surface area contributed by atoms with Gasteiger partial charge in [0.05, 0.1) is 0 Å². The summed E-state index contributed by atoms with van der Waals surface area (Å²) in [7, 11) is 0. The van der Waals surface area contributed by atoms with Crippen molar-refractivity contribution >= 4 is 27.7 Å². The summed E-state index contributed by atoms with van der Waals surface area (Å²) in [5, 5.41) is 3.22. The molecule has 0 aromatic heterocycles. The molecule has 0 radical (unpaired) electrons. The Labute approximate surface area is 141 Å². The minimum absolute atomic E-state index is 0.661. The van der Waals surface area contributed by atoms with E-state index in [0.29, 0.717) is 5.17 Å². The van der Waals surface area contributed by atoms with Crippen LogP contribution in [0.4, 0.5) is 0 Å². The first-order chi connectivity index (χ1) is 11.3. The van der Waals surface area contributed by atoms with Gasteiger partial charge < -0.3 is 5.73 Å². The third-order valence-electron chi connectivity index (χ3n) is 3.77. The van der Waals surface area contributed by atoms with E-state index in [1.54, 1.807) is 11.8 Å². The van der Waals surface area contributed by atoms with Crippen LogP contribution in [-0.4, -0.2) is 11.7 Å². The van der Waals surface area contributed by atoms with E-state index in [2.05, 4.69) is 71.7 Å². The number of rotatable bonds is 5. The van der Waals surface area contributed by atoms with Crippen molar-refractivity contribution < 1.29 is 0 Å². The normalized spacial score (nSPS) is 11.7. The fraction of sp³-hybridized carbons (Fsp3) is 0.150. The van der Waals surface area contributed by atoms with Crippen molar-refractivity contribution in [2.45, 2.75) is 12.2 Å². The van der Waals surface area contributed by atoms with E-state index in [4.69, 9.17) is 5.73 Å². The molecule has 23 heavy (non-hydrogen) atoms. The minimum Gasteiger partial charge on any atom is -0.379 e. The van der Waals surface area contributed by atoms with Crippen molar-refractivity contribution in [3.63, 3.8) is 0 Å². The SMILES string of the molecule is NC(=NCCc1ccccc1)SCc1cccc2ccccc12. The van der Waals surface area contributed by atoms with Crippen molar-refractivity contribution in [3.05, 3.63) is 83.9 Å². The van der Waals surface area contributed by atoms with Gasteiger partial charge in [0.1, 0.15) is 0 Å². The lowest BCUT2D eigenvalue weighted by atomic mass is 10.1. The molecule has 0 aliphatic carbocycles. The van der Waals surface area contributed by atoms with Gasteiger partial charge in [-0.25, -0.2) is 0 Å². The molecular formula is C20H20N2S. The van der Waals surface area contributed by atoms with Crippen LogP contribution >= 0.6 is 11.8 Å². The number of hydrogen-bond acceptors (Lipinski definition) is 2. The highest BCUT2D eigenvalue weighted by Crippen LogP contribution is 2.22. The van der Waals surface area contributed by atoms with Gasteiger partial charge >= 0.3 is 0 Å². The minimum atomic E-state index is 0.661. The molecule has 3 rings (SSSR count). The van der Waals surface area contributed by atoms with Crippen LogP contribution in [0.25, 0.3) is 10.8 Å². The maximum Gasteiger partial charge on any atom is 0.154 e. The Hall–Kier alpha value is -2.26. The van der Waals surface area contributed by atoms with Crippen LogP contribution in [0, 0.1) is 0 Å². The van der Waals surface area contributed by atoms with Crippen LogP contribution in [0.5, 0.6) is 0 Å². The second kappa shape index (κ2) is 7.84. The van der Waals surface area contributed by atoms with Gasteiger partial charge in [0.15, 0.2) is 5.17 Å². The fourth-order valence-electron chi connectivity index (χ4n) is 2.56. The average molecular weight is 320 g/mol. The summed E-state index contributed by atoms with van der Waals surface area (Å²) in [5.41, 5.74) is 8.64. The van der Waals surface area contributed by atoms with Gasteiger partial charge in [-0.3, -0.25) is 4.99 Å². The Balaban J connectivity index is 1.57. The van der Waals surface area contributed by atoms with E-state index < -0.39 is 0 Å². The van der Waals surface area contributed by atoms with Gasteiger partial charge in [-0.15, -0.1) is 0 Å². The predicted octanol–water partition coefficient (Wildman–Crippen LogP) is 4.63. The number of benzene rings is 3. The van der Waals surface area contributed by atoms with E-state index in [0.717, 1.165) is 18.7 Å². The number of fused-ring (bicyclic) bond motifs is 1. The first-order valence-corrected chi connectivity index (χ1v) is 8.75. The summed E-state index contributed by atoms with van der Waals surface area (Å²) >= 11 is 1.61. The van der Waals surface area contributed by atoms with Gasteiger partial charge in [-0.1, -0.05) is 84.6 Å². The number of thioether (sulfide) groups is 1. The maximum atomic E-state index is 6.04. The van der Waals surface area contributed by atoms with E-state index in [9.17, 15) is 0 Å². The Morgan fingerprint density at radius 2 is 1.61 bits per heavy atom. The van der Waals surface area contributed by atoms with Crippen molar-refractivity contribution in [1.82, 2.24) is 0 Å². The molecule has 0 aliphatic heterocycles. The lowest BCUT2D eigenvalue weighted by Gasteiger charge is -2.06. The van der Waals surface area contributed by atoms with Crippen LogP contribution in [0.15, 0.2) is 77.8 Å². The van der Waals surface area contributed by atoms with Crippen LogP contribution < -0.4 is 5.73 Å². The first kappa shape index (κ1) is 15.6. The standard InChI is InChI=1S/C20H20N2S/c21-20(22-14-13-16-7-2-1-3-8-16)23-15-18-11-6-10-17-9-4-5-12-19(17)18/h1-12H,13-15H2,(H2,21,22). The molecule has 0 saturated heterocycles. The Morgan fingerprint density at radius 1 is 0.870 bits per heavy atom. The maximum absolute atomic E-state index is 6.04. The van der Waals surface area contributed by atoms with E-state index in [-0.39, 0.29) is 0 Å². The van der Waals surface area contributed by atoms with E-state index in [1.165, 1.54) is 21.9 Å². The van der Waals surface area contributed by atoms with Gasteiger partial charge in [-0.2, -0.15) is 0 Å². The van der Waals surface area contributed by atoms with E-state index >= 15 is 0 Å². The van der Waals surface area contributed by atoms with Crippen LogP contribution in [0.1, 0.15) is 11.1 Å². The monoisotopic (exact) mass is 320 g/mol. The second-order valence-electron chi connectivity index (χ2n) is 5.38. The Morgan fingerprint density at radius 3 is 2.48 bits per heavy atom. The summed E-state index contributed by atoms with van der Waals surface area (Å²) in [5.74, 6) is 0.849. The van der Waals surface area contributed by atoms with Gasteiger partial charge in [0.2, 0.25) is 0 Å². The molecule has 0 bridgehead atoms. The van der Waals surface area contributed by atoms with Crippen LogP contribution in [0.2, 0.25) is 0 Å². The molecule has 0 saturated carbocycles. The zero-order valence-corrected chi connectivity index (χ0v) is 13.8. The molecule has 0 amide bonds. The van der Waals surface area contributed by atoms with E-state index in [1.807, 2.05) is 6.07 Å². The highest BCUT2D eigenvalue weighted by molar-refractivity contribution is 8.13. The molecule has 0 atom stereocenters. The zero-order chi connectivity index (χ0) is 15.9. The summed E-state index contributed by atoms with van der Waals surface area (Å²) in [6, 6.07) is 25.2. The van der Waals surface area contributed by atoms with Crippen LogP contribution in [-0.2, 0) is 12.2 Å². The topological polar surface area (TPSA) is 38.4 Å². The van der Waals surface area contributed by atoms with Gasteiger partial charge in [-0.05, 0) is 28.3 Å². The second-order valence-corrected chi connectivity index (χ2v) is 6.38. The molecule has 116 valence electrons. The lowest BCUT2D eigenvalue weighted by Crippen LogP contribution is -2.08. The highest BCUT2D eigenvalue weighted by Gasteiger charge is 2.02. The van der Waals surface area contributed by atoms with Gasteiger partial charge in [0, 0.05) is 12.3 Å². The molecule has 3 aromatic carbocycles. The summed E-state index contributed by atoms with van der Waals surface area (Å²) in [4.78, 5) is 4.47. The molecule has 0 spiro atoms.